The molecule has 2 aromatic rings. The van der Waals surface area contributed by atoms with Gasteiger partial charge in [-0.15, -0.1) is 0 Å². The molecule has 1 saturated carbocycles. The summed E-state index contributed by atoms with van der Waals surface area (Å²) in [6, 6.07) is 12.2. The van der Waals surface area contributed by atoms with Gasteiger partial charge in [-0.25, -0.2) is 8.42 Å². The van der Waals surface area contributed by atoms with E-state index in [1.165, 1.54) is 19.3 Å². The minimum Gasteiger partial charge on any atom is -0.337 e. The topological polar surface area (TPSA) is 90.9 Å². The lowest BCUT2D eigenvalue weighted by Gasteiger charge is -2.23. The standard InChI is InChI=1S/C28H38N4O3S/c1-2-30-27-25(22-10-6-4-3-5-7-11-22)12-8-13-26(27)36(34,35)31-24-16-14-23(15-17-24)28(33)32-20-9-18-29-19-21-32/h2,8,12-17,22,29,31H,3-7,9-11,18-21H2,1H3/b30-2-. The normalized spacial score (nSPS) is 18.4. The summed E-state index contributed by atoms with van der Waals surface area (Å²) in [5, 5.41) is 3.30. The summed E-state index contributed by atoms with van der Waals surface area (Å²) in [6.45, 7) is 4.90. The second kappa shape index (κ2) is 12.5. The first kappa shape index (κ1) is 26.4. The highest BCUT2D eigenvalue weighted by Gasteiger charge is 2.25. The smallest absolute Gasteiger partial charge is 0.264 e. The molecule has 0 aromatic heterocycles. The Bertz CT molecular complexity index is 1150. The van der Waals surface area contributed by atoms with Crippen LogP contribution in [0, 0.1) is 0 Å². The summed E-state index contributed by atoms with van der Waals surface area (Å²) >= 11 is 0. The Morgan fingerprint density at radius 2 is 1.69 bits per heavy atom. The van der Waals surface area contributed by atoms with Gasteiger partial charge in [-0.05, 0) is 74.5 Å². The Labute approximate surface area is 215 Å². The van der Waals surface area contributed by atoms with Crippen LogP contribution in [0.4, 0.5) is 11.4 Å². The van der Waals surface area contributed by atoms with Crippen LogP contribution >= 0.6 is 0 Å². The number of nitrogens with zero attached hydrogens (tertiary/aromatic N) is 2. The van der Waals surface area contributed by atoms with E-state index in [-0.39, 0.29) is 10.8 Å². The summed E-state index contributed by atoms with van der Waals surface area (Å²) in [5.74, 6) is 0.290. The lowest BCUT2D eigenvalue weighted by Crippen LogP contribution is -2.34. The van der Waals surface area contributed by atoms with E-state index in [2.05, 4.69) is 15.0 Å². The zero-order chi connectivity index (χ0) is 25.4. The van der Waals surface area contributed by atoms with E-state index in [4.69, 9.17) is 0 Å². The van der Waals surface area contributed by atoms with E-state index < -0.39 is 10.0 Å². The number of aliphatic imine (C=N–C) groups is 1. The molecule has 1 aliphatic carbocycles. The second-order valence-corrected chi connectivity index (χ2v) is 11.4. The van der Waals surface area contributed by atoms with Crippen LogP contribution in [0.5, 0.6) is 0 Å². The molecule has 2 fully saturated rings. The molecule has 8 heteroatoms. The van der Waals surface area contributed by atoms with Crippen LogP contribution in [0.15, 0.2) is 52.4 Å². The van der Waals surface area contributed by atoms with E-state index in [0.717, 1.165) is 57.3 Å². The summed E-state index contributed by atoms with van der Waals surface area (Å²) in [5.41, 5.74) is 2.54. The molecule has 1 heterocycles. The highest BCUT2D eigenvalue weighted by Crippen LogP contribution is 2.39. The van der Waals surface area contributed by atoms with Gasteiger partial charge in [-0.1, -0.05) is 44.2 Å². The number of hydrogen-bond acceptors (Lipinski definition) is 5. The third-order valence-corrected chi connectivity index (χ3v) is 8.55. The molecule has 0 unspecified atom stereocenters. The maximum atomic E-state index is 13.5. The number of nitrogens with one attached hydrogen (secondary N) is 2. The fourth-order valence-electron chi connectivity index (χ4n) is 5.24. The summed E-state index contributed by atoms with van der Waals surface area (Å²) in [7, 11) is -3.87. The maximum absolute atomic E-state index is 13.5. The molecule has 36 heavy (non-hydrogen) atoms. The van der Waals surface area contributed by atoms with E-state index in [9.17, 15) is 13.2 Å². The van der Waals surface area contributed by atoms with Crippen molar-refractivity contribution in [1.82, 2.24) is 10.2 Å². The Balaban J connectivity index is 1.55. The molecule has 0 radical (unpaired) electrons. The molecule has 1 aliphatic heterocycles. The quantitative estimate of drug-likeness (QED) is 0.504. The molecule has 7 nitrogen and oxygen atoms in total. The Hall–Kier alpha value is -2.71. The summed E-state index contributed by atoms with van der Waals surface area (Å²) in [4.78, 5) is 19.4. The molecule has 194 valence electrons. The average Bonchev–Trinajstić information content (AvgIpc) is 3.14. The van der Waals surface area contributed by atoms with Gasteiger partial charge in [0.05, 0.1) is 5.69 Å². The zero-order valence-corrected chi connectivity index (χ0v) is 22.0. The minimum absolute atomic E-state index is 0.0282. The van der Waals surface area contributed by atoms with Crippen LogP contribution < -0.4 is 10.0 Å². The van der Waals surface area contributed by atoms with Crippen molar-refractivity contribution < 1.29 is 13.2 Å². The number of carbonyl (C=O) groups is 1. The summed E-state index contributed by atoms with van der Waals surface area (Å²) < 4.78 is 29.7. The number of amides is 1. The highest BCUT2D eigenvalue weighted by atomic mass is 32.2. The van der Waals surface area contributed by atoms with Crippen LogP contribution in [-0.4, -0.2) is 51.6 Å². The third-order valence-electron chi connectivity index (χ3n) is 7.13. The molecule has 0 spiro atoms. The first-order valence-electron chi connectivity index (χ1n) is 13.2. The molecule has 2 N–H and O–H groups in total. The predicted molar refractivity (Wildman–Crippen MR) is 146 cm³/mol. The number of sulfonamides is 1. The van der Waals surface area contributed by atoms with Gasteiger partial charge >= 0.3 is 0 Å². The lowest BCUT2D eigenvalue weighted by molar-refractivity contribution is 0.0766. The minimum atomic E-state index is -3.87. The van der Waals surface area contributed by atoms with E-state index in [0.29, 0.717) is 29.4 Å². The zero-order valence-electron chi connectivity index (χ0n) is 21.2. The number of anilines is 1. The van der Waals surface area contributed by atoms with Gasteiger partial charge in [0.2, 0.25) is 0 Å². The van der Waals surface area contributed by atoms with Crippen LogP contribution in [0.3, 0.4) is 0 Å². The fourth-order valence-corrected chi connectivity index (χ4v) is 6.48. The van der Waals surface area contributed by atoms with Gasteiger partial charge < -0.3 is 10.2 Å². The van der Waals surface area contributed by atoms with Crippen molar-refractivity contribution in [2.24, 2.45) is 4.99 Å². The largest absolute Gasteiger partial charge is 0.337 e. The summed E-state index contributed by atoms with van der Waals surface area (Å²) in [6.07, 6.45) is 10.8. The molecule has 1 amide bonds. The van der Waals surface area contributed by atoms with Gasteiger partial charge in [-0.3, -0.25) is 14.5 Å². The monoisotopic (exact) mass is 510 g/mol. The first-order chi connectivity index (χ1) is 17.5. The van der Waals surface area contributed by atoms with Crippen molar-refractivity contribution in [3.05, 3.63) is 53.6 Å². The van der Waals surface area contributed by atoms with Gasteiger partial charge in [-0.2, -0.15) is 0 Å². The second-order valence-electron chi connectivity index (χ2n) is 9.70. The molecule has 2 aromatic carbocycles. The number of benzene rings is 2. The van der Waals surface area contributed by atoms with Crippen molar-refractivity contribution in [2.75, 3.05) is 30.9 Å². The van der Waals surface area contributed by atoms with Crippen LogP contribution in [0.1, 0.15) is 80.1 Å². The van der Waals surface area contributed by atoms with Gasteiger partial charge in [0, 0.05) is 37.1 Å². The SMILES string of the molecule is C/C=N\c1c(C2CCCCCCC2)cccc1S(=O)(=O)Nc1ccc(C(=O)N2CCCNCC2)cc1. The van der Waals surface area contributed by atoms with E-state index in [1.54, 1.807) is 36.5 Å². The van der Waals surface area contributed by atoms with Gasteiger partial charge in [0.25, 0.3) is 15.9 Å². The maximum Gasteiger partial charge on any atom is 0.264 e. The fraction of sp³-hybridized carbons (Fsp3) is 0.500. The number of carbonyl (C=O) groups excluding carboxylic acids is 1. The number of para-hydroxylation sites is 1. The Morgan fingerprint density at radius 3 is 2.42 bits per heavy atom. The third kappa shape index (κ3) is 6.53. The van der Waals surface area contributed by atoms with Crippen LogP contribution in [0.25, 0.3) is 0 Å². The van der Waals surface area contributed by atoms with Crippen molar-refractivity contribution in [2.45, 2.75) is 69.1 Å². The Morgan fingerprint density at radius 1 is 0.972 bits per heavy atom. The highest BCUT2D eigenvalue weighted by molar-refractivity contribution is 7.92. The molecule has 0 bridgehead atoms. The lowest BCUT2D eigenvalue weighted by atomic mass is 9.85. The predicted octanol–water partition coefficient (Wildman–Crippen LogP) is 5.47. The van der Waals surface area contributed by atoms with Gasteiger partial charge in [0.1, 0.15) is 4.90 Å². The number of rotatable bonds is 6. The molecule has 1 saturated heterocycles. The first-order valence-corrected chi connectivity index (χ1v) is 14.7. The van der Waals surface area contributed by atoms with Crippen molar-refractivity contribution in [3.63, 3.8) is 0 Å². The van der Waals surface area contributed by atoms with Gasteiger partial charge in [0.15, 0.2) is 0 Å². The van der Waals surface area contributed by atoms with Crippen LogP contribution in [-0.2, 0) is 10.0 Å². The van der Waals surface area contributed by atoms with Crippen LogP contribution in [0.2, 0.25) is 0 Å². The molecular formula is C28H38N4O3S. The molecule has 4 rings (SSSR count). The van der Waals surface area contributed by atoms with Crippen molar-refractivity contribution in [3.8, 4) is 0 Å². The number of hydrogen-bond donors (Lipinski definition) is 2. The molecule has 0 atom stereocenters. The van der Waals surface area contributed by atoms with Crippen molar-refractivity contribution >= 4 is 33.5 Å². The van der Waals surface area contributed by atoms with Crippen molar-refractivity contribution in [1.29, 1.82) is 0 Å². The molecule has 2 aliphatic rings. The Kier molecular flexibility index (Phi) is 9.15. The molecular weight excluding hydrogens is 472 g/mol. The average molecular weight is 511 g/mol. The van der Waals surface area contributed by atoms with E-state index in [1.807, 2.05) is 24.0 Å². The van der Waals surface area contributed by atoms with E-state index >= 15 is 0 Å².